The fourth-order valence-corrected chi connectivity index (χ4v) is 2.64. The summed E-state index contributed by atoms with van der Waals surface area (Å²) in [5.74, 6) is 0.0725. The summed E-state index contributed by atoms with van der Waals surface area (Å²) in [6, 6.07) is 10.3. The molecule has 1 saturated heterocycles. The Morgan fingerprint density at radius 3 is 2.95 bits per heavy atom. The molecule has 0 unspecified atom stereocenters. The Morgan fingerprint density at radius 1 is 1.38 bits per heavy atom. The first-order chi connectivity index (χ1) is 10.2. The van der Waals surface area contributed by atoms with Crippen molar-refractivity contribution in [1.29, 1.82) is 0 Å². The second-order valence-electron chi connectivity index (χ2n) is 5.46. The van der Waals surface area contributed by atoms with Crippen molar-refractivity contribution in [2.24, 2.45) is 0 Å². The van der Waals surface area contributed by atoms with Gasteiger partial charge >= 0.3 is 0 Å². The van der Waals surface area contributed by atoms with Crippen LogP contribution in [0.1, 0.15) is 22.8 Å². The molecule has 0 saturated carbocycles. The second-order valence-corrected chi connectivity index (χ2v) is 5.46. The van der Waals surface area contributed by atoms with Gasteiger partial charge in [-0.3, -0.25) is 9.48 Å². The van der Waals surface area contributed by atoms with Crippen molar-refractivity contribution < 1.29 is 4.79 Å². The Balaban J connectivity index is 1.71. The van der Waals surface area contributed by atoms with Gasteiger partial charge in [-0.05, 0) is 12.5 Å². The van der Waals surface area contributed by atoms with Crippen LogP contribution in [0.3, 0.4) is 0 Å². The summed E-state index contributed by atoms with van der Waals surface area (Å²) in [4.78, 5) is 14.4. The standard InChI is InChI=1S/C16H20N4O/c1-13-9-17-7-8-20(13)16(21)15-10-18-19(12-15)11-14-5-3-2-4-6-14/h2-6,10,12-13,17H,7-9,11H2,1H3/t13-/m0/s1. The number of carbonyl (C=O) groups excluding carboxylic acids is 1. The van der Waals surface area contributed by atoms with Gasteiger partial charge in [-0.15, -0.1) is 0 Å². The quantitative estimate of drug-likeness (QED) is 0.926. The highest BCUT2D eigenvalue weighted by Gasteiger charge is 2.24. The zero-order chi connectivity index (χ0) is 14.7. The van der Waals surface area contributed by atoms with E-state index < -0.39 is 0 Å². The number of hydrogen-bond donors (Lipinski definition) is 1. The summed E-state index contributed by atoms with van der Waals surface area (Å²) < 4.78 is 1.81. The lowest BCUT2D eigenvalue weighted by Crippen LogP contribution is -2.52. The summed E-state index contributed by atoms with van der Waals surface area (Å²) in [5, 5.41) is 7.60. The van der Waals surface area contributed by atoms with Crippen molar-refractivity contribution in [3.8, 4) is 0 Å². The number of amides is 1. The van der Waals surface area contributed by atoms with E-state index in [1.54, 1.807) is 6.20 Å². The third-order valence-electron chi connectivity index (χ3n) is 3.83. The SMILES string of the molecule is C[C@H]1CNCCN1C(=O)c1cnn(Cc2ccccc2)c1. The lowest BCUT2D eigenvalue weighted by molar-refractivity contribution is 0.0655. The van der Waals surface area contributed by atoms with Gasteiger partial charge in [-0.25, -0.2) is 0 Å². The number of piperazine rings is 1. The van der Waals surface area contributed by atoms with Gasteiger partial charge in [0.05, 0.1) is 18.3 Å². The molecule has 0 radical (unpaired) electrons. The summed E-state index contributed by atoms with van der Waals surface area (Å²) in [5.41, 5.74) is 1.84. The Bertz CT molecular complexity index is 608. The van der Waals surface area contributed by atoms with Gasteiger partial charge in [-0.2, -0.15) is 5.10 Å². The van der Waals surface area contributed by atoms with Crippen LogP contribution in [0.5, 0.6) is 0 Å². The molecular weight excluding hydrogens is 264 g/mol. The Hall–Kier alpha value is -2.14. The van der Waals surface area contributed by atoms with Crippen molar-refractivity contribution >= 4 is 5.91 Å². The van der Waals surface area contributed by atoms with Crippen molar-refractivity contribution in [3.63, 3.8) is 0 Å². The number of hydrogen-bond acceptors (Lipinski definition) is 3. The van der Waals surface area contributed by atoms with Crippen molar-refractivity contribution in [2.75, 3.05) is 19.6 Å². The molecule has 1 amide bonds. The van der Waals surface area contributed by atoms with E-state index in [0.29, 0.717) is 12.1 Å². The molecule has 0 aliphatic carbocycles. The molecule has 1 atom stereocenters. The van der Waals surface area contributed by atoms with Crippen LogP contribution < -0.4 is 5.32 Å². The molecule has 1 fully saturated rings. The largest absolute Gasteiger partial charge is 0.333 e. The van der Waals surface area contributed by atoms with Crippen LogP contribution in [0.4, 0.5) is 0 Å². The molecule has 1 aromatic heterocycles. The van der Waals surface area contributed by atoms with Gasteiger partial charge < -0.3 is 10.2 Å². The van der Waals surface area contributed by atoms with Gasteiger partial charge in [-0.1, -0.05) is 30.3 Å². The Kier molecular flexibility index (Phi) is 4.01. The van der Waals surface area contributed by atoms with E-state index in [-0.39, 0.29) is 11.9 Å². The van der Waals surface area contributed by atoms with Crippen molar-refractivity contribution in [1.82, 2.24) is 20.0 Å². The first-order valence-corrected chi connectivity index (χ1v) is 7.32. The van der Waals surface area contributed by atoms with Gasteiger partial charge in [0.2, 0.25) is 0 Å². The monoisotopic (exact) mass is 284 g/mol. The molecular formula is C16H20N4O. The minimum Gasteiger partial charge on any atom is -0.333 e. The van der Waals surface area contributed by atoms with Crippen LogP contribution in [0.2, 0.25) is 0 Å². The maximum atomic E-state index is 12.5. The van der Waals surface area contributed by atoms with Crippen LogP contribution >= 0.6 is 0 Å². The number of nitrogens with one attached hydrogen (secondary N) is 1. The molecule has 2 heterocycles. The van der Waals surface area contributed by atoms with E-state index >= 15 is 0 Å². The summed E-state index contributed by atoms with van der Waals surface area (Å²) in [7, 11) is 0. The number of nitrogens with zero attached hydrogens (tertiary/aromatic N) is 3. The van der Waals surface area contributed by atoms with Gasteiger partial charge in [0, 0.05) is 31.9 Å². The van der Waals surface area contributed by atoms with E-state index in [4.69, 9.17) is 0 Å². The number of aromatic nitrogens is 2. The normalized spacial score (nSPS) is 18.7. The van der Waals surface area contributed by atoms with E-state index in [0.717, 1.165) is 19.6 Å². The first kappa shape index (κ1) is 13.8. The summed E-state index contributed by atoms with van der Waals surface area (Å²) >= 11 is 0. The fraction of sp³-hybridized carbons (Fsp3) is 0.375. The topological polar surface area (TPSA) is 50.2 Å². The molecule has 3 rings (SSSR count). The molecule has 1 aliphatic rings. The summed E-state index contributed by atoms with van der Waals surface area (Å²) in [6.07, 6.45) is 3.50. The fourth-order valence-electron chi connectivity index (χ4n) is 2.64. The van der Waals surface area contributed by atoms with Crippen LogP contribution in [0.15, 0.2) is 42.7 Å². The average molecular weight is 284 g/mol. The molecule has 0 bridgehead atoms. The molecule has 1 aromatic carbocycles. The number of rotatable bonds is 3. The predicted molar refractivity (Wildman–Crippen MR) is 81.1 cm³/mol. The molecule has 110 valence electrons. The van der Waals surface area contributed by atoms with E-state index in [9.17, 15) is 4.79 Å². The van der Waals surface area contributed by atoms with Crippen molar-refractivity contribution in [2.45, 2.75) is 19.5 Å². The van der Waals surface area contributed by atoms with Gasteiger partial charge in [0.1, 0.15) is 0 Å². The first-order valence-electron chi connectivity index (χ1n) is 7.32. The summed E-state index contributed by atoms with van der Waals surface area (Å²) in [6.45, 7) is 5.21. The third kappa shape index (κ3) is 3.13. The Labute approximate surface area is 124 Å². The number of carbonyl (C=O) groups is 1. The molecule has 1 aliphatic heterocycles. The smallest absolute Gasteiger partial charge is 0.257 e. The molecule has 1 N–H and O–H groups in total. The average Bonchev–Trinajstić information content (AvgIpc) is 2.97. The molecule has 0 spiro atoms. The molecule has 5 heteroatoms. The predicted octanol–water partition coefficient (Wildman–Crippen LogP) is 1.37. The zero-order valence-corrected chi connectivity index (χ0v) is 12.2. The zero-order valence-electron chi connectivity index (χ0n) is 12.2. The molecule has 5 nitrogen and oxygen atoms in total. The van der Waals surface area contributed by atoms with Crippen LogP contribution in [0.25, 0.3) is 0 Å². The minimum absolute atomic E-state index is 0.0725. The van der Waals surface area contributed by atoms with Crippen LogP contribution in [-0.2, 0) is 6.54 Å². The van der Waals surface area contributed by atoms with E-state index in [1.807, 2.05) is 34.0 Å². The maximum Gasteiger partial charge on any atom is 0.257 e. The Morgan fingerprint density at radius 2 is 2.19 bits per heavy atom. The third-order valence-corrected chi connectivity index (χ3v) is 3.83. The highest BCUT2D eigenvalue weighted by Crippen LogP contribution is 2.11. The van der Waals surface area contributed by atoms with Gasteiger partial charge in [0.15, 0.2) is 0 Å². The highest BCUT2D eigenvalue weighted by atomic mass is 16.2. The number of benzene rings is 1. The maximum absolute atomic E-state index is 12.5. The van der Waals surface area contributed by atoms with Crippen LogP contribution in [0, 0.1) is 0 Å². The lowest BCUT2D eigenvalue weighted by Gasteiger charge is -2.33. The van der Waals surface area contributed by atoms with Crippen molar-refractivity contribution in [3.05, 3.63) is 53.9 Å². The van der Waals surface area contributed by atoms with Crippen LogP contribution in [-0.4, -0.2) is 46.3 Å². The second kappa shape index (κ2) is 6.10. The van der Waals surface area contributed by atoms with Gasteiger partial charge in [0.25, 0.3) is 5.91 Å². The van der Waals surface area contributed by atoms with E-state index in [2.05, 4.69) is 29.5 Å². The molecule has 2 aromatic rings. The van der Waals surface area contributed by atoms with E-state index in [1.165, 1.54) is 5.56 Å². The molecule has 21 heavy (non-hydrogen) atoms. The lowest BCUT2D eigenvalue weighted by atomic mass is 10.2. The minimum atomic E-state index is 0.0725. The highest BCUT2D eigenvalue weighted by molar-refractivity contribution is 5.94.